The van der Waals surface area contributed by atoms with Crippen molar-refractivity contribution in [3.05, 3.63) is 51.9 Å². The van der Waals surface area contributed by atoms with Crippen LogP contribution in [0.15, 0.2) is 34.7 Å². The summed E-state index contributed by atoms with van der Waals surface area (Å²) in [6, 6.07) is 7.77. The van der Waals surface area contributed by atoms with Gasteiger partial charge in [0.25, 0.3) is 0 Å². The lowest BCUT2D eigenvalue weighted by Gasteiger charge is -2.07. The zero-order valence-corrected chi connectivity index (χ0v) is 10.5. The Morgan fingerprint density at radius 2 is 2.06 bits per heavy atom. The molecule has 4 nitrogen and oxygen atoms in total. The fourth-order valence-electron chi connectivity index (χ4n) is 1.31. The minimum atomic E-state index is -1.37. The molecule has 1 aromatic carbocycles. The van der Waals surface area contributed by atoms with Gasteiger partial charge in [-0.25, -0.2) is 0 Å². The summed E-state index contributed by atoms with van der Waals surface area (Å²) in [5.74, 6) is -0.867. The van der Waals surface area contributed by atoms with E-state index in [0.29, 0.717) is 21.6 Å². The Bertz CT molecular complexity index is 577. The van der Waals surface area contributed by atoms with Gasteiger partial charge in [-0.2, -0.15) is 0 Å². The molecule has 0 aliphatic rings. The van der Waals surface area contributed by atoms with Crippen molar-refractivity contribution >= 4 is 29.2 Å². The minimum absolute atomic E-state index is 0.0490. The number of benzene rings is 1. The Hall–Kier alpha value is -1.65. The molecule has 2 rings (SSSR count). The molecule has 0 fully saturated rings. The smallest absolute Gasteiger partial charge is 0.149 e. The lowest BCUT2D eigenvalue weighted by Crippen LogP contribution is -2.21. The maximum absolute atomic E-state index is 10.5. The van der Waals surface area contributed by atoms with Gasteiger partial charge in [0.2, 0.25) is 0 Å². The van der Waals surface area contributed by atoms with E-state index >= 15 is 0 Å². The Morgan fingerprint density at radius 1 is 1.28 bits per heavy atom. The molecule has 0 saturated carbocycles. The highest BCUT2D eigenvalue weighted by Crippen LogP contribution is 2.31. The second-order valence-electron chi connectivity index (χ2n) is 3.39. The van der Waals surface area contributed by atoms with E-state index in [2.05, 4.69) is 0 Å². The number of carbonyl (C=O) groups is 1. The molecule has 0 amide bonds. The number of ether oxygens (including phenoxy) is 1. The van der Waals surface area contributed by atoms with Crippen LogP contribution in [0.3, 0.4) is 0 Å². The normalized spacial score (nSPS) is 10.3. The SMILES string of the molecule is O=C([O-])c1ccc(COc2cccc(Cl)c2Cl)o1. The van der Waals surface area contributed by atoms with Crippen LogP contribution in [-0.2, 0) is 6.61 Å². The van der Waals surface area contributed by atoms with Gasteiger partial charge in [-0.15, -0.1) is 0 Å². The molecule has 0 aliphatic heterocycles. The van der Waals surface area contributed by atoms with Crippen molar-refractivity contribution < 1.29 is 19.1 Å². The quantitative estimate of drug-likeness (QED) is 0.866. The summed E-state index contributed by atoms with van der Waals surface area (Å²) >= 11 is 11.7. The molecule has 1 heterocycles. The van der Waals surface area contributed by atoms with Crippen LogP contribution in [-0.4, -0.2) is 5.97 Å². The summed E-state index contributed by atoms with van der Waals surface area (Å²) in [6.45, 7) is 0.0490. The Kier molecular flexibility index (Phi) is 3.79. The van der Waals surface area contributed by atoms with Gasteiger partial charge in [-0.3, -0.25) is 0 Å². The van der Waals surface area contributed by atoms with Crippen molar-refractivity contribution in [2.24, 2.45) is 0 Å². The molecule has 0 spiro atoms. The summed E-state index contributed by atoms with van der Waals surface area (Å²) in [6.07, 6.45) is 0. The first-order chi connectivity index (χ1) is 8.58. The van der Waals surface area contributed by atoms with Crippen LogP contribution in [0.1, 0.15) is 16.3 Å². The van der Waals surface area contributed by atoms with Gasteiger partial charge in [-0.05, 0) is 24.3 Å². The second kappa shape index (κ2) is 5.33. The zero-order valence-electron chi connectivity index (χ0n) is 8.98. The number of aromatic carboxylic acids is 1. The largest absolute Gasteiger partial charge is 0.542 e. The molecule has 1 aromatic heterocycles. The Morgan fingerprint density at radius 3 is 2.72 bits per heavy atom. The van der Waals surface area contributed by atoms with Crippen LogP contribution in [0.5, 0.6) is 5.75 Å². The molecule has 0 aliphatic carbocycles. The lowest BCUT2D eigenvalue weighted by molar-refractivity contribution is -0.257. The maximum Gasteiger partial charge on any atom is 0.149 e. The summed E-state index contributed by atoms with van der Waals surface area (Å²) in [5.41, 5.74) is 0. The highest BCUT2D eigenvalue weighted by atomic mass is 35.5. The summed E-state index contributed by atoms with van der Waals surface area (Å²) in [5, 5.41) is 11.2. The van der Waals surface area contributed by atoms with E-state index in [1.165, 1.54) is 12.1 Å². The fourth-order valence-corrected chi connectivity index (χ4v) is 1.66. The number of halogens is 2. The van der Waals surface area contributed by atoms with E-state index in [1.54, 1.807) is 18.2 Å². The van der Waals surface area contributed by atoms with Gasteiger partial charge < -0.3 is 19.1 Å². The van der Waals surface area contributed by atoms with Crippen molar-refractivity contribution in [2.75, 3.05) is 0 Å². The maximum atomic E-state index is 10.5. The van der Waals surface area contributed by atoms with Crippen LogP contribution in [0.25, 0.3) is 0 Å². The third-order valence-corrected chi connectivity index (χ3v) is 2.95. The molecule has 0 unspecified atom stereocenters. The third kappa shape index (κ3) is 2.78. The molecule has 2 aromatic rings. The average Bonchev–Trinajstić information content (AvgIpc) is 2.80. The van der Waals surface area contributed by atoms with Gasteiger partial charge in [-0.1, -0.05) is 29.3 Å². The highest BCUT2D eigenvalue weighted by Gasteiger charge is 2.07. The van der Waals surface area contributed by atoms with Crippen LogP contribution in [0, 0.1) is 0 Å². The minimum Gasteiger partial charge on any atom is -0.542 e. The molecule has 0 saturated heterocycles. The number of hydrogen-bond acceptors (Lipinski definition) is 4. The van der Waals surface area contributed by atoms with Crippen LogP contribution >= 0.6 is 23.2 Å². The van der Waals surface area contributed by atoms with Gasteiger partial charge in [0.05, 0.1) is 5.02 Å². The van der Waals surface area contributed by atoms with Crippen LogP contribution in [0.4, 0.5) is 0 Å². The van der Waals surface area contributed by atoms with E-state index in [9.17, 15) is 9.90 Å². The van der Waals surface area contributed by atoms with Gasteiger partial charge in [0.15, 0.2) is 0 Å². The topological polar surface area (TPSA) is 62.5 Å². The van der Waals surface area contributed by atoms with E-state index < -0.39 is 5.97 Å². The third-order valence-electron chi connectivity index (χ3n) is 2.15. The zero-order chi connectivity index (χ0) is 13.1. The molecule has 0 bridgehead atoms. The monoisotopic (exact) mass is 285 g/mol. The van der Waals surface area contributed by atoms with Crippen molar-refractivity contribution in [1.29, 1.82) is 0 Å². The van der Waals surface area contributed by atoms with Crippen molar-refractivity contribution in [2.45, 2.75) is 6.61 Å². The number of carboxylic acid groups (broad SMARTS) is 1. The Labute approximate surface area is 113 Å². The molecule has 0 N–H and O–H groups in total. The van der Waals surface area contributed by atoms with E-state index in [-0.39, 0.29) is 12.4 Å². The molecule has 94 valence electrons. The molecule has 6 heteroatoms. The molecule has 0 atom stereocenters. The predicted octanol–water partition coefficient (Wildman–Crippen LogP) is 2.53. The number of carbonyl (C=O) groups excluding carboxylic acids is 1. The van der Waals surface area contributed by atoms with Crippen molar-refractivity contribution in [1.82, 2.24) is 0 Å². The molecular weight excluding hydrogens is 279 g/mol. The van der Waals surface area contributed by atoms with Crippen LogP contribution in [0.2, 0.25) is 10.0 Å². The van der Waals surface area contributed by atoms with Crippen LogP contribution < -0.4 is 9.84 Å². The van der Waals surface area contributed by atoms with Crippen molar-refractivity contribution in [3.63, 3.8) is 0 Å². The molecular formula is C12H7Cl2O4-. The summed E-state index contributed by atoms with van der Waals surface area (Å²) < 4.78 is 10.3. The van der Waals surface area contributed by atoms with E-state index in [0.717, 1.165) is 0 Å². The van der Waals surface area contributed by atoms with Gasteiger partial charge in [0.1, 0.15) is 34.9 Å². The first-order valence-corrected chi connectivity index (χ1v) is 5.70. The second-order valence-corrected chi connectivity index (χ2v) is 4.18. The number of rotatable bonds is 4. The molecule has 0 radical (unpaired) electrons. The fraction of sp³-hybridized carbons (Fsp3) is 0.0833. The highest BCUT2D eigenvalue weighted by molar-refractivity contribution is 6.42. The first kappa shape index (κ1) is 12.8. The lowest BCUT2D eigenvalue weighted by atomic mass is 10.3. The summed E-state index contributed by atoms with van der Waals surface area (Å²) in [7, 11) is 0. The number of carboxylic acids is 1. The summed E-state index contributed by atoms with van der Waals surface area (Å²) in [4.78, 5) is 10.5. The first-order valence-electron chi connectivity index (χ1n) is 4.95. The predicted molar refractivity (Wildman–Crippen MR) is 63.8 cm³/mol. The average molecular weight is 286 g/mol. The number of hydrogen-bond donors (Lipinski definition) is 0. The van der Waals surface area contributed by atoms with E-state index in [4.69, 9.17) is 32.4 Å². The van der Waals surface area contributed by atoms with Gasteiger partial charge in [0, 0.05) is 0 Å². The standard InChI is InChI=1S/C12H8Cl2O4/c13-8-2-1-3-9(11(8)14)17-6-7-4-5-10(18-7)12(15)16/h1-5H,6H2,(H,15,16)/p-1. The van der Waals surface area contributed by atoms with E-state index in [1.807, 2.05) is 0 Å². The number of furan rings is 1. The van der Waals surface area contributed by atoms with Crippen molar-refractivity contribution in [3.8, 4) is 5.75 Å². The van der Waals surface area contributed by atoms with Gasteiger partial charge >= 0.3 is 0 Å². The molecule has 18 heavy (non-hydrogen) atoms. The Balaban J connectivity index is 2.07.